The van der Waals surface area contributed by atoms with Crippen LogP contribution in [-0.2, 0) is 19.5 Å². The smallest absolute Gasteiger partial charge is 0.338 e. The minimum absolute atomic E-state index is 0.00323. The Morgan fingerprint density at radius 3 is 2.24 bits per heavy atom. The average Bonchev–Trinajstić information content (AvgIpc) is 3.03. The molecule has 0 N–H and O–H groups in total. The fraction of sp³-hybridized carbons (Fsp3) is 0.387. The van der Waals surface area contributed by atoms with Gasteiger partial charge in [0, 0.05) is 60.3 Å². The second kappa shape index (κ2) is 11.8. The van der Waals surface area contributed by atoms with Gasteiger partial charge in [0.05, 0.1) is 30.3 Å². The number of hydrogen-bond donors (Lipinski definition) is 0. The lowest BCUT2D eigenvalue weighted by Crippen LogP contribution is -2.41. The summed E-state index contributed by atoms with van der Waals surface area (Å²) < 4.78 is 38.0. The van der Waals surface area contributed by atoms with E-state index in [-0.39, 0.29) is 41.8 Å². The van der Waals surface area contributed by atoms with Gasteiger partial charge in [-0.15, -0.1) is 0 Å². The minimum Gasteiger partial charge on any atom is -0.462 e. The number of nitrogens with zero attached hydrogens (tertiary/aromatic N) is 3. The van der Waals surface area contributed by atoms with E-state index in [0.717, 1.165) is 43.4 Å². The number of hydrogen-bond acceptors (Lipinski definition) is 8. The SMILES string of the molecule is O=C(OCCCN1C(=O)c2cccc3c(N4CCOCC4)ccc(c23)C1=O)c1ccc(S(=O)(=O)N2CCCCC2)cc1. The molecule has 0 radical (unpaired) electrons. The highest BCUT2D eigenvalue weighted by molar-refractivity contribution is 7.89. The molecule has 3 heterocycles. The highest BCUT2D eigenvalue weighted by atomic mass is 32.2. The predicted molar refractivity (Wildman–Crippen MR) is 156 cm³/mol. The van der Waals surface area contributed by atoms with Crippen molar-refractivity contribution in [2.24, 2.45) is 0 Å². The van der Waals surface area contributed by atoms with Crippen LogP contribution in [0.5, 0.6) is 0 Å². The summed E-state index contributed by atoms with van der Waals surface area (Å²) in [6.45, 7) is 3.85. The Balaban J connectivity index is 1.08. The number of sulfonamides is 1. The minimum atomic E-state index is -3.59. The van der Waals surface area contributed by atoms with Crippen LogP contribution < -0.4 is 4.90 Å². The standard InChI is InChI=1S/C31H33N3O7S/c35-29-25-7-4-6-24-27(32-17-20-40-21-18-32)13-12-26(28(24)25)30(36)34(29)16-5-19-41-31(37)22-8-10-23(11-9-22)42(38,39)33-14-2-1-3-15-33/h4,6-13H,1-3,5,14-21H2. The van der Waals surface area contributed by atoms with Crippen molar-refractivity contribution in [2.75, 3.05) is 57.4 Å². The molecule has 42 heavy (non-hydrogen) atoms. The lowest BCUT2D eigenvalue weighted by Gasteiger charge is -2.32. The van der Waals surface area contributed by atoms with Crippen molar-refractivity contribution in [3.8, 4) is 0 Å². The van der Waals surface area contributed by atoms with Gasteiger partial charge in [-0.1, -0.05) is 18.6 Å². The summed E-state index contributed by atoms with van der Waals surface area (Å²) in [5.74, 6) is -1.33. The maximum absolute atomic E-state index is 13.4. The van der Waals surface area contributed by atoms with Gasteiger partial charge in [-0.3, -0.25) is 14.5 Å². The van der Waals surface area contributed by atoms with Crippen molar-refractivity contribution in [1.82, 2.24) is 9.21 Å². The van der Waals surface area contributed by atoms with Gasteiger partial charge in [0.1, 0.15) is 0 Å². The molecule has 0 spiro atoms. The molecule has 2 saturated heterocycles. The summed E-state index contributed by atoms with van der Waals surface area (Å²) in [6, 6.07) is 15.0. The summed E-state index contributed by atoms with van der Waals surface area (Å²) in [7, 11) is -3.59. The van der Waals surface area contributed by atoms with E-state index in [4.69, 9.17) is 9.47 Å². The summed E-state index contributed by atoms with van der Waals surface area (Å²) in [5, 5.41) is 1.54. The summed E-state index contributed by atoms with van der Waals surface area (Å²) >= 11 is 0. The highest BCUT2D eigenvalue weighted by Gasteiger charge is 2.33. The molecule has 0 atom stereocenters. The second-order valence-electron chi connectivity index (χ2n) is 10.7. The van der Waals surface area contributed by atoms with Crippen molar-refractivity contribution in [2.45, 2.75) is 30.6 Å². The lowest BCUT2D eigenvalue weighted by atomic mass is 9.92. The van der Waals surface area contributed by atoms with Crippen LogP contribution in [0.4, 0.5) is 5.69 Å². The molecule has 6 rings (SSSR count). The molecule has 3 aliphatic heterocycles. The van der Waals surface area contributed by atoms with Crippen molar-refractivity contribution in [3.05, 3.63) is 71.3 Å². The molecular formula is C31H33N3O7S. The van der Waals surface area contributed by atoms with E-state index < -0.39 is 16.0 Å². The van der Waals surface area contributed by atoms with Crippen LogP contribution in [0.2, 0.25) is 0 Å². The van der Waals surface area contributed by atoms with Gasteiger partial charge < -0.3 is 14.4 Å². The summed E-state index contributed by atoms with van der Waals surface area (Å²) in [6.07, 6.45) is 2.98. The van der Waals surface area contributed by atoms with E-state index in [1.807, 2.05) is 18.2 Å². The average molecular weight is 592 g/mol. The number of rotatable bonds is 8. The number of anilines is 1. The van der Waals surface area contributed by atoms with E-state index >= 15 is 0 Å². The first-order valence-electron chi connectivity index (χ1n) is 14.4. The van der Waals surface area contributed by atoms with E-state index in [0.29, 0.717) is 42.8 Å². The van der Waals surface area contributed by atoms with E-state index in [9.17, 15) is 22.8 Å². The van der Waals surface area contributed by atoms with Gasteiger partial charge in [0.2, 0.25) is 10.0 Å². The first-order chi connectivity index (χ1) is 20.4. The summed E-state index contributed by atoms with van der Waals surface area (Å²) in [5.41, 5.74) is 2.17. The molecule has 0 aromatic heterocycles. The molecule has 0 bridgehead atoms. The zero-order chi connectivity index (χ0) is 29.3. The monoisotopic (exact) mass is 591 g/mol. The molecule has 10 nitrogen and oxygen atoms in total. The highest BCUT2D eigenvalue weighted by Crippen LogP contribution is 2.36. The third-order valence-electron chi connectivity index (χ3n) is 8.12. The normalized spacial score (nSPS) is 18.0. The Kier molecular flexibility index (Phi) is 7.98. The number of amides is 2. The van der Waals surface area contributed by atoms with E-state index in [2.05, 4.69) is 4.90 Å². The molecular weight excluding hydrogens is 558 g/mol. The number of esters is 1. The van der Waals surface area contributed by atoms with Crippen LogP contribution in [-0.4, -0.2) is 88.0 Å². The van der Waals surface area contributed by atoms with Gasteiger partial charge in [-0.25, -0.2) is 13.2 Å². The van der Waals surface area contributed by atoms with Gasteiger partial charge in [0.25, 0.3) is 11.8 Å². The van der Waals surface area contributed by atoms with E-state index in [1.165, 1.54) is 33.5 Å². The molecule has 0 aliphatic carbocycles. The number of carbonyl (C=O) groups is 3. The third kappa shape index (κ3) is 5.28. The quantitative estimate of drug-likeness (QED) is 0.221. The Morgan fingerprint density at radius 1 is 0.833 bits per heavy atom. The van der Waals surface area contributed by atoms with Gasteiger partial charge in [0.15, 0.2) is 0 Å². The molecule has 0 unspecified atom stereocenters. The van der Waals surface area contributed by atoms with Crippen molar-refractivity contribution in [3.63, 3.8) is 0 Å². The molecule has 3 aliphatic rings. The third-order valence-corrected chi connectivity index (χ3v) is 10.0. The van der Waals surface area contributed by atoms with Crippen molar-refractivity contribution >= 4 is 44.3 Å². The van der Waals surface area contributed by atoms with Gasteiger partial charge in [-0.2, -0.15) is 4.31 Å². The maximum atomic E-state index is 13.4. The fourth-order valence-corrected chi connectivity index (χ4v) is 7.42. The molecule has 2 amide bonds. The lowest BCUT2D eigenvalue weighted by molar-refractivity contribution is 0.0476. The maximum Gasteiger partial charge on any atom is 0.338 e. The topological polar surface area (TPSA) is 114 Å². The Hall–Kier alpha value is -3.80. The van der Waals surface area contributed by atoms with Crippen LogP contribution in [0.3, 0.4) is 0 Å². The number of benzene rings is 3. The molecule has 3 aromatic rings. The zero-order valence-corrected chi connectivity index (χ0v) is 24.1. The zero-order valence-electron chi connectivity index (χ0n) is 23.3. The van der Waals surface area contributed by atoms with Crippen LogP contribution >= 0.6 is 0 Å². The molecule has 11 heteroatoms. The second-order valence-corrected chi connectivity index (χ2v) is 12.6. The predicted octanol–water partition coefficient (Wildman–Crippen LogP) is 3.69. The first kappa shape index (κ1) is 28.3. The Bertz CT molecular complexity index is 1600. The van der Waals surface area contributed by atoms with Crippen molar-refractivity contribution in [1.29, 1.82) is 0 Å². The van der Waals surface area contributed by atoms with Gasteiger partial charge >= 0.3 is 5.97 Å². The molecule has 2 fully saturated rings. The number of imide groups is 1. The number of piperidine rings is 1. The van der Waals surface area contributed by atoms with Crippen LogP contribution in [0.15, 0.2) is 59.5 Å². The number of carbonyl (C=O) groups excluding carboxylic acids is 3. The molecule has 0 saturated carbocycles. The fourth-order valence-electron chi connectivity index (χ4n) is 5.90. The van der Waals surface area contributed by atoms with E-state index in [1.54, 1.807) is 12.1 Å². The van der Waals surface area contributed by atoms with Crippen LogP contribution in [0.25, 0.3) is 10.8 Å². The molecule has 220 valence electrons. The van der Waals surface area contributed by atoms with Crippen LogP contribution in [0, 0.1) is 0 Å². The van der Waals surface area contributed by atoms with Crippen molar-refractivity contribution < 1.29 is 32.3 Å². The Labute approximate surface area is 244 Å². The summed E-state index contributed by atoms with van der Waals surface area (Å²) in [4.78, 5) is 42.9. The molecule has 3 aromatic carbocycles. The first-order valence-corrected chi connectivity index (χ1v) is 15.8. The van der Waals surface area contributed by atoms with Crippen LogP contribution in [0.1, 0.15) is 56.8 Å². The number of ether oxygens (including phenoxy) is 2. The van der Waals surface area contributed by atoms with Gasteiger partial charge in [-0.05, 0) is 61.7 Å². The number of morpholine rings is 1. The Morgan fingerprint density at radius 2 is 1.52 bits per heavy atom. The largest absolute Gasteiger partial charge is 0.462 e.